The summed E-state index contributed by atoms with van der Waals surface area (Å²) < 4.78 is 27.2. The number of benzene rings is 2. The molecule has 5 heteroatoms. The van der Waals surface area contributed by atoms with Crippen LogP contribution in [0.3, 0.4) is 0 Å². The van der Waals surface area contributed by atoms with E-state index in [1.54, 1.807) is 30.3 Å². The van der Waals surface area contributed by atoms with Crippen molar-refractivity contribution in [1.82, 2.24) is 9.88 Å². The summed E-state index contributed by atoms with van der Waals surface area (Å²) in [4.78, 5) is 19.4. The Morgan fingerprint density at radius 3 is 2.59 bits per heavy atom. The molecule has 3 aromatic rings. The van der Waals surface area contributed by atoms with E-state index < -0.39 is 0 Å². The first-order valence-corrected chi connectivity index (χ1v) is 9.78. The molecule has 1 unspecified atom stereocenters. The van der Waals surface area contributed by atoms with Gasteiger partial charge >= 0.3 is 0 Å². The van der Waals surface area contributed by atoms with Gasteiger partial charge in [-0.1, -0.05) is 30.3 Å². The highest BCUT2D eigenvalue weighted by Gasteiger charge is 2.31. The van der Waals surface area contributed by atoms with E-state index in [2.05, 4.69) is 4.98 Å². The van der Waals surface area contributed by atoms with Crippen LogP contribution in [0.25, 0.3) is 11.1 Å². The number of hydrogen-bond donors (Lipinski definition) is 0. The minimum absolute atomic E-state index is 0.0415. The van der Waals surface area contributed by atoms with Crippen LogP contribution < -0.4 is 0 Å². The predicted molar refractivity (Wildman–Crippen MR) is 108 cm³/mol. The monoisotopic (exact) mass is 392 g/mol. The SMILES string of the molecule is Cc1cc(-c2ccc(F)cc2)cc(C2CCCN2C(=O)Cc2ccccc2F)n1. The summed E-state index contributed by atoms with van der Waals surface area (Å²) in [5.41, 5.74) is 3.92. The lowest BCUT2D eigenvalue weighted by molar-refractivity contribution is -0.131. The maximum atomic E-state index is 14.0. The number of pyridine rings is 1. The quantitative estimate of drug-likeness (QED) is 0.608. The smallest absolute Gasteiger partial charge is 0.227 e. The lowest BCUT2D eigenvalue weighted by atomic mass is 10.0. The molecule has 1 saturated heterocycles. The molecule has 0 spiro atoms. The summed E-state index contributed by atoms with van der Waals surface area (Å²) in [5.74, 6) is -0.728. The van der Waals surface area contributed by atoms with E-state index >= 15 is 0 Å². The number of hydrogen-bond acceptors (Lipinski definition) is 2. The highest BCUT2D eigenvalue weighted by molar-refractivity contribution is 5.79. The Kier molecular flexibility index (Phi) is 5.38. The van der Waals surface area contributed by atoms with Crippen molar-refractivity contribution >= 4 is 5.91 Å². The molecule has 3 nitrogen and oxygen atoms in total. The molecule has 0 radical (unpaired) electrons. The van der Waals surface area contributed by atoms with Gasteiger partial charge in [-0.15, -0.1) is 0 Å². The van der Waals surface area contributed by atoms with Crippen LogP contribution in [0.2, 0.25) is 0 Å². The topological polar surface area (TPSA) is 33.2 Å². The number of carbonyl (C=O) groups is 1. The Hall–Kier alpha value is -3.08. The lowest BCUT2D eigenvalue weighted by Gasteiger charge is -2.25. The van der Waals surface area contributed by atoms with E-state index in [0.717, 1.165) is 35.4 Å². The molecule has 2 aromatic carbocycles. The first-order chi connectivity index (χ1) is 14.0. The second kappa shape index (κ2) is 8.11. The fourth-order valence-corrected chi connectivity index (χ4v) is 3.95. The standard InChI is InChI=1S/C24H22F2N2O/c1-16-13-19(17-8-10-20(25)11-9-17)14-22(27-16)23-7-4-12-28(23)24(29)15-18-5-2-3-6-21(18)26/h2-3,5-6,8-11,13-14,23H,4,7,12,15H2,1H3. The highest BCUT2D eigenvalue weighted by Crippen LogP contribution is 2.34. The Morgan fingerprint density at radius 2 is 1.83 bits per heavy atom. The van der Waals surface area contributed by atoms with E-state index in [9.17, 15) is 13.6 Å². The molecule has 0 aliphatic carbocycles. The molecule has 29 heavy (non-hydrogen) atoms. The number of likely N-dealkylation sites (tertiary alicyclic amines) is 1. The van der Waals surface area contributed by atoms with Crippen molar-refractivity contribution in [2.24, 2.45) is 0 Å². The molecule has 0 bridgehead atoms. The van der Waals surface area contributed by atoms with Gasteiger partial charge in [0, 0.05) is 12.2 Å². The molecule has 2 heterocycles. The van der Waals surface area contributed by atoms with Crippen molar-refractivity contribution in [3.05, 3.63) is 89.2 Å². The van der Waals surface area contributed by atoms with Gasteiger partial charge in [-0.3, -0.25) is 9.78 Å². The second-order valence-electron chi connectivity index (χ2n) is 7.44. The normalized spacial score (nSPS) is 16.2. The molecule has 1 aliphatic heterocycles. The van der Waals surface area contributed by atoms with Gasteiger partial charge < -0.3 is 4.90 Å². The van der Waals surface area contributed by atoms with Crippen molar-refractivity contribution in [2.75, 3.05) is 6.54 Å². The fourth-order valence-electron chi connectivity index (χ4n) is 3.95. The summed E-state index contributed by atoms with van der Waals surface area (Å²) in [6.07, 6.45) is 1.75. The number of carbonyl (C=O) groups excluding carboxylic acids is 1. The number of nitrogens with zero attached hydrogens (tertiary/aromatic N) is 2. The summed E-state index contributed by atoms with van der Waals surface area (Å²) in [6.45, 7) is 2.55. The van der Waals surface area contributed by atoms with E-state index in [4.69, 9.17) is 0 Å². The van der Waals surface area contributed by atoms with Crippen molar-refractivity contribution in [3.63, 3.8) is 0 Å². The van der Waals surface area contributed by atoms with Crippen molar-refractivity contribution in [2.45, 2.75) is 32.2 Å². The first-order valence-electron chi connectivity index (χ1n) is 9.78. The van der Waals surface area contributed by atoms with Crippen LogP contribution in [0.5, 0.6) is 0 Å². The molecular formula is C24H22F2N2O. The zero-order valence-corrected chi connectivity index (χ0v) is 16.2. The highest BCUT2D eigenvalue weighted by atomic mass is 19.1. The molecule has 148 valence electrons. The van der Waals surface area contributed by atoms with E-state index in [1.165, 1.54) is 18.2 Å². The lowest BCUT2D eigenvalue weighted by Crippen LogP contribution is -2.32. The summed E-state index contributed by atoms with van der Waals surface area (Å²) in [5, 5.41) is 0. The number of amides is 1. The van der Waals surface area contributed by atoms with Gasteiger partial charge in [0.1, 0.15) is 11.6 Å². The Balaban J connectivity index is 1.61. The molecule has 1 fully saturated rings. The summed E-state index contributed by atoms with van der Waals surface area (Å²) in [6, 6.07) is 16.5. The van der Waals surface area contributed by atoms with Crippen LogP contribution in [0, 0.1) is 18.6 Å². The van der Waals surface area contributed by atoms with Crippen molar-refractivity contribution in [3.8, 4) is 11.1 Å². The first kappa shape index (κ1) is 19.2. The number of aromatic nitrogens is 1. The fraction of sp³-hybridized carbons (Fsp3) is 0.250. The van der Waals surface area contributed by atoms with Crippen LogP contribution in [-0.4, -0.2) is 22.3 Å². The minimum atomic E-state index is -0.358. The molecule has 1 amide bonds. The summed E-state index contributed by atoms with van der Waals surface area (Å²) >= 11 is 0. The second-order valence-corrected chi connectivity index (χ2v) is 7.44. The van der Waals surface area contributed by atoms with Gasteiger partial charge in [0.2, 0.25) is 5.91 Å². The third kappa shape index (κ3) is 4.19. The number of aryl methyl sites for hydroxylation is 1. The van der Waals surface area contributed by atoms with Crippen molar-refractivity contribution in [1.29, 1.82) is 0 Å². The maximum absolute atomic E-state index is 14.0. The van der Waals surface area contributed by atoms with Crippen LogP contribution >= 0.6 is 0 Å². The summed E-state index contributed by atoms with van der Waals surface area (Å²) in [7, 11) is 0. The largest absolute Gasteiger partial charge is 0.334 e. The number of halogens is 2. The van der Waals surface area contributed by atoms with Crippen LogP contribution in [0.15, 0.2) is 60.7 Å². The molecule has 4 rings (SSSR count). The van der Waals surface area contributed by atoms with Crippen molar-refractivity contribution < 1.29 is 13.6 Å². The van der Waals surface area contributed by atoms with Crippen LogP contribution in [0.4, 0.5) is 8.78 Å². The Morgan fingerprint density at radius 1 is 1.07 bits per heavy atom. The van der Waals surface area contributed by atoms with Crippen LogP contribution in [-0.2, 0) is 11.2 Å². The van der Waals surface area contributed by atoms with E-state index in [-0.39, 0.29) is 30.0 Å². The zero-order chi connectivity index (χ0) is 20.4. The van der Waals surface area contributed by atoms with Crippen LogP contribution in [0.1, 0.15) is 35.8 Å². The van der Waals surface area contributed by atoms with E-state index in [0.29, 0.717) is 12.1 Å². The van der Waals surface area contributed by atoms with Gasteiger partial charge in [0.05, 0.1) is 18.2 Å². The number of rotatable bonds is 4. The average Bonchev–Trinajstić information content (AvgIpc) is 3.20. The Bertz CT molecular complexity index is 1030. The van der Waals surface area contributed by atoms with E-state index in [1.807, 2.05) is 24.0 Å². The average molecular weight is 392 g/mol. The Labute approximate surface area is 169 Å². The molecule has 1 aliphatic rings. The van der Waals surface area contributed by atoms with Gasteiger partial charge in [-0.25, -0.2) is 8.78 Å². The minimum Gasteiger partial charge on any atom is -0.334 e. The van der Waals surface area contributed by atoms with Gasteiger partial charge in [-0.05, 0) is 66.8 Å². The molecule has 0 saturated carbocycles. The predicted octanol–water partition coefficient (Wildman–Crippen LogP) is 5.24. The molecule has 1 atom stereocenters. The van der Waals surface area contributed by atoms with Gasteiger partial charge in [0.25, 0.3) is 0 Å². The van der Waals surface area contributed by atoms with Gasteiger partial charge in [0.15, 0.2) is 0 Å². The third-order valence-electron chi connectivity index (χ3n) is 5.36. The zero-order valence-electron chi connectivity index (χ0n) is 16.2. The maximum Gasteiger partial charge on any atom is 0.227 e. The molecule has 1 aromatic heterocycles. The third-order valence-corrected chi connectivity index (χ3v) is 5.36. The molecular weight excluding hydrogens is 370 g/mol. The van der Waals surface area contributed by atoms with Gasteiger partial charge in [-0.2, -0.15) is 0 Å². The molecule has 0 N–H and O–H groups in total.